The van der Waals surface area contributed by atoms with Crippen molar-refractivity contribution in [2.24, 2.45) is 0 Å². The Labute approximate surface area is 139 Å². The highest BCUT2D eigenvalue weighted by Gasteiger charge is 1.99. The Hall–Kier alpha value is -2.20. The van der Waals surface area contributed by atoms with Crippen LogP contribution in [0.25, 0.3) is 0 Å². The number of hydrogen-bond donors (Lipinski definition) is 6. The lowest BCUT2D eigenvalue weighted by atomic mass is 10.2. The topological polar surface area (TPSA) is 190 Å². The summed E-state index contributed by atoms with van der Waals surface area (Å²) >= 11 is 0. The molecule has 0 spiro atoms. The molecule has 0 aromatic rings. The van der Waals surface area contributed by atoms with Crippen LogP contribution >= 0.6 is 0 Å². The zero-order valence-electron chi connectivity index (χ0n) is 13.4. The fraction of sp³-hybridized carbons (Fsp3) is 0.714. The molecular weight excluding hydrogens is 328 g/mol. The number of hydrogen-bond acceptors (Lipinski definition) is 6. The van der Waals surface area contributed by atoms with E-state index in [1.54, 1.807) is 0 Å². The molecule has 0 rings (SSSR count). The number of carboxylic acid groups (broad SMARTS) is 4. The highest BCUT2D eigenvalue weighted by Crippen LogP contribution is 1.99. The van der Waals surface area contributed by atoms with E-state index in [4.69, 9.17) is 30.6 Å². The predicted molar refractivity (Wildman–Crippen MR) is 81.7 cm³/mol. The average molecular weight is 354 g/mol. The highest BCUT2D eigenvalue weighted by atomic mass is 16.4. The summed E-state index contributed by atoms with van der Waals surface area (Å²) in [5.74, 6) is -3.48. The number of rotatable bonds is 11. The molecule has 10 nitrogen and oxygen atoms in total. The Balaban J connectivity index is -0.000000301. The van der Waals surface area contributed by atoms with Gasteiger partial charge in [0, 0.05) is 25.7 Å². The fourth-order valence-corrected chi connectivity index (χ4v) is 1.10. The maximum Gasteiger partial charge on any atom is 0.303 e. The van der Waals surface area contributed by atoms with Gasteiger partial charge in [-0.25, -0.2) is 0 Å². The lowest BCUT2D eigenvalue weighted by Crippen LogP contribution is -1.97. The molecule has 0 fully saturated rings. The third-order valence-corrected chi connectivity index (χ3v) is 2.16. The van der Waals surface area contributed by atoms with Gasteiger partial charge in [-0.2, -0.15) is 0 Å². The summed E-state index contributed by atoms with van der Waals surface area (Å²) in [7, 11) is 0. The van der Waals surface area contributed by atoms with Crippen molar-refractivity contribution in [1.29, 1.82) is 0 Å². The Morgan fingerprint density at radius 3 is 0.708 bits per heavy atom. The summed E-state index contributed by atoms with van der Waals surface area (Å²) in [5.41, 5.74) is 0. The Kier molecular flexibility index (Phi) is 23.1. The Morgan fingerprint density at radius 2 is 0.625 bits per heavy atom. The van der Waals surface area contributed by atoms with E-state index in [1.807, 2.05) is 0 Å². The maximum atomic E-state index is 9.90. The van der Waals surface area contributed by atoms with E-state index >= 15 is 0 Å². The van der Waals surface area contributed by atoms with Gasteiger partial charge in [-0.15, -0.1) is 0 Å². The van der Waals surface area contributed by atoms with E-state index in [0.717, 1.165) is 0 Å². The van der Waals surface area contributed by atoms with E-state index in [9.17, 15) is 19.2 Å². The molecule has 0 heterocycles. The molecule has 10 heteroatoms. The third-order valence-electron chi connectivity index (χ3n) is 2.16. The first kappa shape index (κ1) is 26.7. The standard InChI is InChI=1S/2C6H10O4.C2H6O2/c2*7-5(8)3-1-2-4-6(9)10;3-1-2-4/h2*1-4H2,(H,7,8)(H,9,10);3-4H,1-2H2. The third kappa shape index (κ3) is 42.7. The molecule has 0 aliphatic rings. The summed E-state index contributed by atoms with van der Waals surface area (Å²) in [6.07, 6.45) is 2.04. The van der Waals surface area contributed by atoms with E-state index in [-0.39, 0.29) is 38.9 Å². The minimum absolute atomic E-state index is 0.0628. The number of unbranched alkanes of at least 4 members (excludes halogenated alkanes) is 2. The van der Waals surface area contributed by atoms with Crippen molar-refractivity contribution in [2.75, 3.05) is 13.2 Å². The number of aliphatic hydroxyl groups is 2. The number of carbonyl (C=O) groups is 4. The van der Waals surface area contributed by atoms with Gasteiger partial charge in [0.05, 0.1) is 13.2 Å². The quantitative estimate of drug-likeness (QED) is 0.283. The molecule has 0 aliphatic heterocycles. The van der Waals surface area contributed by atoms with Crippen molar-refractivity contribution in [3.63, 3.8) is 0 Å². The van der Waals surface area contributed by atoms with Gasteiger partial charge in [-0.05, 0) is 25.7 Å². The molecule has 0 aliphatic carbocycles. The van der Waals surface area contributed by atoms with Crippen LogP contribution < -0.4 is 0 Å². The van der Waals surface area contributed by atoms with Gasteiger partial charge < -0.3 is 30.6 Å². The van der Waals surface area contributed by atoms with Gasteiger partial charge in [0.1, 0.15) is 0 Å². The van der Waals surface area contributed by atoms with Gasteiger partial charge in [0.2, 0.25) is 0 Å². The molecule has 0 amide bonds. The monoisotopic (exact) mass is 354 g/mol. The van der Waals surface area contributed by atoms with Crippen LogP contribution in [-0.2, 0) is 19.2 Å². The molecule has 0 atom stereocenters. The SMILES string of the molecule is O=C(O)CCCCC(=O)O.O=C(O)CCCCC(=O)O.OCCO. The first-order chi connectivity index (χ1) is 11.2. The first-order valence-corrected chi connectivity index (χ1v) is 7.26. The van der Waals surface area contributed by atoms with Crippen LogP contribution in [0.5, 0.6) is 0 Å². The smallest absolute Gasteiger partial charge is 0.303 e. The second-order valence-corrected chi connectivity index (χ2v) is 4.44. The van der Waals surface area contributed by atoms with Crippen molar-refractivity contribution in [2.45, 2.75) is 51.4 Å². The van der Waals surface area contributed by atoms with E-state index in [0.29, 0.717) is 25.7 Å². The molecule has 0 saturated carbocycles. The normalized spacial score (nSPS) is 8.92. The second-order valence-electron chi connectivity index (χ2n) is 4.44. The molecule has 6 N–H and O–H groups in total. The molecule has 0 saturated heterocycles. The number of aliphatic hydroxyl groups excluding tert-OH is 2. The van der Waals surface area contributed by atoms with Crippen LogP contribution in [0.4, 0.5) is 0 Å². The predicted octanol–water partition coefficient (Wildman–Crippen LogP) is 0.403. The molecule has 0 aromatic carbocycles. The molecule has 0 bridgehead atoms. The van der Waals surface area contributed by atoms with Crippen molar-refractivity contribution in [1.82, 2.24) is 0 Å². The lowest BCUT2D eigenvalue weighted by molar-refractivity contribution is -0.139. The summed E-state index contributed by atoms with van der Waals surface area (Å²) in [6, 6.07) is 0. The zero-order chi connectivity index (χ0) is 19.4. The minimum Gasteiger partial charge on any atom is -0.481 e. The van der Waals surface area contributed by atoms with Crippen LogP contribution in [0.1, 0.15) is 51.4 Å². The summed E-state index contributed by atoms with van der Waals surface area (Å²) in [4.78, 5) is 39.6. The second kappa shape index (κ2) is 20.8. The highest BCUT2D eigenvalue weighted by molar-refractivity contribution is 5.68. The maximum absolute atomic E-state index is 9.90. The van der Waals surface area contributed by atoms with Crippen LogP contribution in [0.2, 0.25) is 0 Å². The summed E-state index contributed by atoms with van der Waals surface area (Å²) in [6.45, 7) is -0.250. The zero-order valence-corrected chi connectivity index (χ0v) is 13.4. The van der Waals surface area contributed by atoms with Crippen LogP contribution in [0.3, 0.4) is 0 Å². The molecule has 24 heavy (non-hydrogen) atoms. The van der Waals surface area contributed by atoms with Gasteiger partial charge in [0.15, 0.2) is 0 Å². The average Bonchev–Trinajstić information content (AvgIpc) is 2.48. The van der Waals surface area contributed by atoms with E-state index in [2.05, 4.69) is 0 Å². The van der Waals surface area contributed by atoms with Crippen LogP contribution in [0.15, 0.2) is 0 Å². The lowest BCUT2D eigenvalue weighted by Gasteiger charge is -1.92. The van der Waals surface area contributed by atoms with Crippen molar-refractivity contribution >= 4 is 23.9 Å². The van der Waals surface area contributed by atoms with Crippen molar-refractivity contribution < 1.29 is 49.8 Å². The van der Waals surface area contributed by atoms with Gasteiger partial charge in [-0.1, -0.05) is 0 Å². The van der Waals surface area contributed by atoms with E-state index < -0.39 is 23.9 Å². The van der Waals surface area contributed by atoms with Gasteiger partial charge in [-0.3, -0.25) is 19.2 Å². The number of carboxylic acids is 4. The van der Waals surface area contributed by atoms with Crippen molar-refractivity contribution in [3.8, 4) is 0 Å². The van der Waals surface area contributed by atoms with Crippen LogP contribution in [0, 0.1) is 0 Å². The first-order valence-electron chi connectivity index (χ1n) is 7.26. The van der Waals surface area contributed by atoms with Gasteiger partial charge >= 0.3 is 23.9 Å². The fourth-order valence-electron chi connectivity index (χ4n) is 1.10. The Bertz CT molecular complexity index is 287. The summed E-state index contributed by atoms with van der Waals surface area (Å²) < 4.78 is 0. The molecular formula is C14H26O10. The van der Waals surface area contributed by atoms with E-state index in [1.165, 1.54) is 0 Å². The minimum atomic E-state index is -0.870. The largest absolute Gasteiger partial charge is 0.481 e. The molecule has 0 aromatic heterocycles. The van der Waals surface area contributed by atoms with Crippen molar-refractivity contribution in [3.05, 3.63) is 0 Å². The Morgan fingerprint density at radius 1 is 0.458 bits per heavy atom. The summed E-state index contributed by atoms with van der Waals surface area (Å²) in [5, 5.41) is 47.8. The number of aliphatic carboxylic acids is 4. The molecule has 0 radical (unpaired) electrons. The van der Waals surface area contributed by atoms with Gasteiger partial charge in [0.25, 0.3) is 0 Å². The van der Waals surface area contributed by atoms with Crippen LogP contribution in [-0.4, -0.2) is 67.7 Å². The molecule has 142 valence electrons. The molecule has 0 unspecified atom stereocenters.